The van der Waals surface area contributed by atoms with Gasteiger partial charge in [0.1, 0.15) is 28.8 Å². The van der Waals surface area contributed by atoms with Gasteiger partial charge in [-0.1, -0.05) is 18.2 Å². The van der Waals surface area contributed by atoms with Crippen LogP contribution in [-0.4, -0.2) is 23.3 Å². The van der Waals surface area contributed by atoms with E-state index in [1.54, 1.807) is 30.3 Å². The maximum Gasteiger partial charge on any atom is 0.261 e. The van der Waals surface area contributed by atoms with E-state index < -0.39 is 28.9 Å². The Hall–Kier alpha value is -3.87. The van der Waals surface area contributed by atoms with Gasteiger partial charge in [-0.2, -0.15) is 0 Å². The Labute approximate surface area is 170 Å². The molecule has 0 aliphatic carbocycles. The third-order valence-electron chi connectivity index (χ3n) is 4.67. The smallest absolute Gasteiger partial charge is 0.261 e. The molecule has 1 aliphatic heterocycles. The zero-order chi connectivity index (χ0) is 21.3. The van der Waals surface area contributed by atoms with Crippen molar-refractivity contribution in [1.29, 1.82) is 0 Å². The first kappa shape index (κ1) is 19.4. The van der Waals surface area contributed by atoms with Crippen LogP contribution in [-0.2, 0) is 0 Å². The van der Waals surface area contributed by atoms with Gasteiger partial charge in [0.05, 0.1) is 12.3 Å². The average Bonchev–Trinajstić information content (AvgIpc) is 3.20. The lowest BCUT2D eigenvalue weighted by atomic mass is 10.0. The zero-order valence-electron chi connectivity index (χ0n) is 15.5. The van der Waals surface area contributed by atoms with Crippen molar-refractivity contribution in [2.45, 2.75) is 0 Å². The summed E-state index contributed by atoms with van der Waals surface area (Å²) in [5, 5.41) is 12.4. The summed E-state index contributed by atoms with van der Waals surface area (Å²) in [5.41, 5.74) is 2.14. The van der Waals surface area contributed by atoms with E-state index in [9.17, 15) is 23.1 Å². The number of hydrogen-bond acceptors (Lipinski definition) is 3. The minimum Gasteiger partial charge on any atom is -0.507 e. The van der Waals surface area contributed by atoms with E-state index in [1.165, 1.54) is 24.3 Å². The molecular formula is C23H15F3N2O2. The number of amides is 1. The van der Waals surface area contributed by atoms with Crippen LogP contribution in [0.1, 0.15) is 21.5 Å². The minimum absolute atomic E-state index is 0.0638. The Morgan fingerprint density at radius 1 is 0.967 bits per heavy atom. The fraction of sp³-hybridized carbons (Fsp3) is 0.0435. The van der Waals surface area contributed by atoms with Crippen LogP contribution in [0.15, 0.2) is 71.7 Å². The number of phenols is 1. The van der Waals surface area contributed by atoms with Crippen molar-refractivity contribution in [3.8, 4) is 5.75 Å². The molecule has 0 atom stereocenters. The van der Waals surface area contributed by atoms with Crippen LogP contribution < -0.4 is 5.32 Å². The van der Waals surface area contributed by atoms with Crippen LogP contribution in [0.5, 0.6) is 5.75 Å². The number of carbonyl (C=O) groups is 1. The number of aliphatic imine (C=N–C) groups is 1. The fourth-order valence-corrected chi connectivity index (χ4v) is 3.15. The molecule has 0 spiro atoms. The van der Waals surface area contributed by atoms with Crippen molar-refractivity contribution in [1.82, 2.24) is 0 Å². The van der Waals surface area contributed by atoms with E-state index in [0.717, 1.165) is 23.3 Å². The van der Waals surface area contributed by atoms with Crippen LogP contribution in [0, 0.1) is 17.5 Å². The van der Waals surface area contributed by atoms with Gasteiger partial charge in [-0.15, -0.1) is 0 Å². The van der Waals surface area contributed by atoms with Crippen LogP contribution in [0.25, 0.3) is 5.57 Å². The van der Waals surface area contributed by atoms with E-state index in [0.29, 0.717) is 23.5 Å². The van der Waals surface area contributed by atoms with E-state index in [-0.39, 0.29) is 5.75 Å². The summed E-state index contributed by atoms with van der Waals surface area (Å²) in [6.07, 6.45) is 1.75. The monoisotopic (exact) mass is 408 g/mol. The van der Waals surface area contributed by atoms with Crippen LogP contribution in [0.2, 0.25) is 0 Å². The number of anilines is 1. The second kappa shape index (κ2) is 7.87. The summed E-state index contributed by atoms with van der Waals surface area (Å²) >= 11 is 0. The summed E-state index contributed by atoms with van der Waals surface area (Å²) in [6, 6.07) is 13.5. The molecule has 0 radical (unpaired) electrons. The largest absolute Gasteiger partial charge is 0.507 e. The Bertz CT molecular complexity index is 1180. The van der Waals surface area contributed by atoms with Gasteiger partial charge in [-0.05, 0) is 59.7 Å². The van der Waals surface area contributed by atoms with Crippen LogP contribution in [0.3, 0.4) is 0 Å². The molecule has 1 aliphatic rings. The molecule has 0 unspecified atom stereocenters. The molecule has 2 N–H and O–H groups in total. The maximum absolute atomic E-state index is 13.7. The summed E-state index contributed by atoms with van der Waals surface area (Å²) in [4.78, 5) is 16.5. The molecular weight excluding hydrogens is 393 g/mol. The van der Waals surface area contributed by atoms with Crippen molar-refractivity contribution in [3.63, 3.8) is 0 Å². The lowest BCUT2D eigenvalue weighted by Crippen LogP contribution is -2.15. The molecule has 4 rings (SSSR count). The number of nitrogens with one attached hydrogen (secondary N) is 1. The van der Waals surface area contributed by atoms with Crippen molar-refractivity contribution < 1.29 is 23.1 Å². The van der Waals surface area contributed by atoms with Gasteiger partial charge >= 0.3 is 0 Å². The number of benzene rings is 3. The molecule has 3 aromatic rings. The van der Waals surface area contributed by atoms with Gasteiger partial charge in [0.2, 0.25) is 0 Å². The summed E-state index contributed by atoms with van der Waals surface area (Å²) < 4.78 is 41.0. The highest BCUT2D eigenvalue weighted by molar-refractivity contribution is 6.16. The number of halogens is 3. The molecule has 0 aromatic heterocycles. The third-order valence-corrected chi connectivity index (χ3v) is 4.67. The molecule has 30 heavy (non-hydrogen) atoms. The highest BCUT2D eigenvalue weighted by Crippen LogP contribution is 2.27. The predicted octanol–water partition coefficient (Wildman–Crippen LogP) is 4.95. The Kier molecular flexibility index (Phi) is 5.10. The van der Waals surface area contributed by atoms with Gasteiger partial charge in [-0.3, -0.25) is 9.79 Å². The molecule has 1 heterocycles. The van der Waals surface area contributed by atoms with Crippen molar-refractivity contribution in [2.75, 3.05) is 11.9 Å². The van der Waals surface area contributed by atoms with Crippen molar-refractivity contribution >= 4 is 22.9 Å². The second-order valence-electron chi connectivity index (χ2n) is 6.66. The Balaban J connectivity index is 1.51. The molecule has 3 aromatic carbocycles. The lowest BCUT2D eigenvalue weighted by Gasteiger charge is -2.08. The van der Waals surface area contributed by atoms with Crippen molar-refractivity contribution in [3.05, 3.63) is 101 Å². The van der Waals surface area contributed by atoms with E-state index in [2.05, 4.69) is 10.3 Å². The Morgan fingerprint density at radius 3 is 2.37 bits per heavy atom. The number of phenolic OH excluding ortho intramolecular Hbond substituents is 1. The average molecular weight is 408 g/mol. The van der Waals surface area contributed by atoms with E-state index in [4.69, 9.17) is 0 Å². The first-order valence-corrected chi connectivity index (χ1v) is 9.02. The normalized spacial score (nSPS) is 13.0. The first-order chi connectivity index (χ1) is 14.4. The minimum atomic E-state index is -0.939. The van der Waals surface area contributed by atoms with Gasteiger partial charge < -0.3 is 10.4 Å². The SMILES string of the molecule is O=C(Nc1ccc(C2=CC(c3cc(F)ccc3O)=NC2)cc1)c1c(F)cccc1F. The number of carbonyl (C=O) groups excluding carboxylic acids is 1. The molecule has 7 heteroatoms. The predicted molar refractivity (Wildman–Crippen MR) is 108 cm³/mol. The number of nitrogens with zero attached hydrogens (tertiary/aromatic N) is 1. The van der Waals surface area contributed by atoms with Crippen LogP contribution in [0.4, 0.5) is 18.9 Å². The second-order valence-corrected chi connectivity index (χ2v) is 6.66. The zero-order valence-corrected chi connectivity index (χ0v) is 15.5. The van der Waals surface area contributed by atoms with Gasteiger partial charge in [0, 0.05) is 11.3 Å². The number of rotatable bonds is 4. The molecule has 1 amide bonds. The molecule has 0 saturated heterocycles. The molecule has 0 saturated carbocycles. The fourth-order valence-electron chi connectivity index (χ4n) is 3.15. The standard InChI is InChI=1S/C23H15F3N2O2/c24-15-6-9-21(29)17(11-15)20-10-14(12-27-20)13-4-7-16(8-5-13)28-23(30)22-18(25)2-1-3-19(22)26/h1-11,29H,12H2,(H,28,30). The summed E-state index contributed by atoms with van der Waals surface area (Å²) in [5.74, 6) is -3.30. The number of allylic oxidation sites excluding steroid dienone is 1. The third kappa shape index (κ3) is 3.82. The lowest BCUT2D eigenvalue weighted by molar-refractivity contribution is 0.101. The summed E-state index contributed by atoms with van der Waals surface area (Å²) in [6.45, 7) is 0.345. The van der Waals surface area contributed by atoms with Gasteiger partial charge in [-0.25, -0.2) is 13.2 Å². The molecule has 150 valence electrons. The number of aromatic hydroxyl groups is 1. The quantitative estimate of drug-likeness (QED) is 0.642. The Morgan fingerprint density at radius 2 is 1.67 bits per heavy atom. The van der Waals surface area contributed by atoms with Gasteiger partial charge in [0.15, 0.2) is 0 Å². The highest BCUT2D eigenvalue weighted by atomic mass is 19.1. The molecule has 0 fully saturated rings. The van der Waals surface area contributed by atoms with Gasteiger partial charge in [0.25, 0.3) is 5.91 Å². The first-order valence-electron chi connectivity index (χ1n) is 9.02. The number of hydrogen-bond donors (Lipinski definition) is 2. The van der Waals surface area contributed by atoms with Crippen LogP contribution >= 0.6 is 0 Å². The van der Waals surface area contributed by atoms with Crippen molar-refractivity contribution in [2.24, 2.45) is 4.99 Å². The topological polar surface area (TPSA) is 61.7 Å². The molecule has 0 bridgehead atoms. The van der Waals surface area contributed by atoms with E-state index in [1.807, 2.05) is 0 Å². The molecule has 4 nitrogen and oxygen atoms in total. The van der Waals surface area contributed by atoms with E-state index >= 15 is 0 Å². The maximum atomic E-state index is 13.7. The summed E-state index contributed by atoms with van der Waals surface area (Å²) in [7, 11) is 0. The highest BCUT2D eigenvalue weighted by Gasteiger charge is 2.18.